The molecule has 1 heterocycles. The fourth-order valence-corrected chi connectivity index (χ4v) is 4.45. The van der Waals surface area contributed by atoms with E-state index < -0.39 is 10.0 Å². The third kappa shape index (κ3) is 3.89. The predicted molar refractivity (Wildman–Crippen MR) is 96.9 cm³/mol. The van der Waals surface area contributed by atoms with Crippen LogP contribution in [0.3, 0.4) is 0 Å². The highest BCUT2D eigenvalue weighted by atomic mass is 32.2. The molecule has 24 heavy (non-hydrogen) atoms. The van der Waals surface area contributed by atoms with Crippen molar-refractivity contribution < 1.29 is 13.2 Å². The molecule has 0 bridgehead atoms. The first-order valence-corrected chi connectivity index (χ1v) is 10.1. The van der Waals surface area contributed by atoms with Crippen molar-refractivity contribution in [2.45, 2.75) is 44.9 Å². The Kier molecular flexibility index (Phi) is 6.23. The largest absolute Gasteiger partial charge is 0.370 e. The van der Waals surface area contributed by atoms with E-state index in [-0.39, 0.29) is 10.8 Å². The quantitative estimate of drug-likeness (QED) is 0.818. The zero-order valence-corrected chi connectivity index (χ0v) is 15.5. The van der Waals surface area contributed by atoms with Crippen molar-refractivity contribution in [2.24, 2.45) is 0 Å². The highest BCUT2D eigenvalue weighted by Gasteiger charge is 2.24. The van der Waals surface area contributed by atoms with Crippen LogP contribution in [0.25, 0.3) is 0 Å². The molecule has 1 aliphatic heterocycles. The van der Waals surface area contributed by atoms with Crippen molar-refractivity contribution in [3.05, 3.63) is 18.2 Å². The summed E-state index contributed by atoms with van der Waals surface area (Å²) in [4.78, 5) is 14.3. The Balaban J connectivity index is 2.44. The van der Waals surface area contributed by atoms with Gasteiger partial charge in [-0.2, -0.15) is 4.31 Å². The molecule has 0 unspecified atom stereocenters. The van der Waals surface area contributed by atoms with Gasteiger partial charge in [0.05, 0.1) is 16.3 Å². The molecule has 1 saturated heterocycles. The minimum absolute atomic E-state index is 0.118. The molecule has 0 spiro atoms. The lowest BCUT2D eigenvalue weighted by molar-refractivity contribution is -0.115. The second kappa shape index (κ2) is 7.98. The Morgan fingerprint density at radius 1 is 1.17 bits per heavy atom. The van der Waals surface area contributed by atoms with Crippen molar-refractivity contribution in [3.63, 3.8) is 0 Å². The highest BCUT2D eigenvalue weighted by Crippen LogP contribution is 2.32. The third-order valence-corrected chi connectivity index (χ3v) is 6.40. The standard InChI is InChI=1S/C17H27N3O3S/c1-4-17(21)18-15-13-14(24(22,23)20(5-2)6-3)9-10-16(15)19-11-7-8-12-19/h9-10,13H,4-8,11-12H2,1-3H3,(H,18,21). The van der Waals surface area contributed by atoms with Gasteiger partial charge in [-0.15, -0.1) is 0 Å². The summed E-state index contributed by atoms with van der Waals surface area (Å²) in [5, 5.41) is 2.86. The third-order valence-electron chi connectivity index (χ3n) is 4.35. The Morgan fingerprint density at radius 3 is 2.33 bits per heavy atom. The lowest BCUT2D eigenvalue weighted by Gasteiger charge is -2.24. The minimum Gasteiger partial charge on any atom is -0.370 e. The van der Waals surface area contributed by atoms with E-state index in [2.05, 4.69) is 10.2 Å². The van der Waals surface area contributed by atoms with Crippen molar-refractivity contribution in [1.29, 1.82) is 0 Å². The number of nitrogens with zero attached hydrogens (tertiary/aromatic N) is 2. The number of amides is 1. The Hall–Kier alpha value is -1.60. The smallest absolute Gasteiger partial charge is 0.243 e. The van der Waals surface area contributed by atoms with E-state index in [0.717, 1.165) is 31.6 Å². The normalized spacial score (nSPS) is 15.1. The summed E-state index contributed by atoms with van der Waals surface area (Å²) in [6.45, 7) is 8.11. The van der Waals surface area contributed by atoms with E-state index in [0.29, 0.717) is 25.2 Å². The molecule has 0 atom stereocenters. The summed E-state index contributed by atoms with van der Waals surface area (Å²) in [6, 6.07) is 5.05. The van der Waals surface area contributed by atoms with Gasteiger partial charge in [-0.3, -0.25) is 4.79 Å². The molecule has 0 radical (unpaired) electrons. The van der Waals surface area contributed by atoms with Gasteiger partial charge in [0, 0.05) is 32.6 Å². The Morgan fingerprint density at radius 2 is 1.79 bits per heavy atom. The van der Waals surface area contributed by atoms with E-state index in [9.17, 15) is 13.2 Å². The number of sulfonamides is 1. The van der Waals surface area contributed by atoms with Crippen molar-refractivity contribution in [3.8, 4) is 0 Å². The molecule has 2 rings (SSSR count). The van der Waals surface area contributed by atoms with Gasteiger partial charge < -0.3 is 10.2 Å². The maximum atomic E-state index is 12.7. The molecule has 7 heteroatoms. The van der Waals surface area contributed by atoms with Crippen LogP contribution in [0, 0.1) is 0 Å². The van der Waals surface area contributed by atoms with E-state index in [1.165, 1.54) is 4.31 Å². The number of hydrogen-bond acceptors (Lipinski definition) is 4. The monoisotopic (exact) mass is 353 g/mol. The molecule has 1 amide bonds. The summed E-state index contributed by atoms with van der Waals surface area (Å²) in [7, 11) is -3.54. The van der Waals surface area contributed by atoms with Gasteiger partial charge in [-0.05, 0) is 31.0 Å². The second-order valence-electron chi connectivity index (χ2n) is 5.86. The van der Waals surface area contributed by atoms with Crippen molar-refractivity contribution >= 4 is 27.3 Å². The van der Waals surface area contributed by atoms with Gasteiger partial charge in [0.1, 0.15) is 0 Å². The van der Waals surface area contributed by atoms with E-state index in [1.807, 2.05) is 19.9 Å². The molecule has 6 nitrogen and oxygen atoms in total. The van der Waals surface area contributed by atoms with Crippen LogP contribution in [0.5, 0.6) is 0 Å². The molecule has 0 aliphatic carbocycles. The number of hydrogen-bond donors (Lipinski definition) is 1. The summed E-state index contributed by atoms with van der Waals surface area (Å²) in [5.74, 6) is -0.118. The number of nitrogens with one attached hydrogen (secondary N) is 1. The molecule has 1 aromatic carbocycles. The molecule has 1 aliphatic rings. The Bertz CT molecular complexity index is 678. The van der Waals surface area contributed by atoms with Crippen LogP contribution < -0.4 is 10.2 Å². The molecule has 0 saturated carbocycles. The molecule has 134 valence electrons. The van der Waals surface area contributed by atoms with Crippen LogP contribution in [0.4, 0.5) is 11.4 Å². The predicted octanol–water partition coefficient (Wildman–Crippen LogP) is 2.67. The number of benzene rings is 1. The van der Waals surface area contributed by atoms with Crippen LogP contribution in [0.15, 0.2) is 23.1 Å². The van der Waals surface area contributed by atoms with Gasteiger partial charge in [-0.1, -0.05) is 20.8 Å². The number of rotatable bonds is 7. The van der Waals surface area contributed by atoms with Gasteiger partial charge in [0.25, 0.3) is 0 Å². The summed E-state index contributed by atoms with van der Waals surface area (Å²) in [5.41, 5.74) is 1.48. The maximum absolute atomic E-state index is 12.7. The lowest BCUT2D eigenvalue weighted by atomic mass is 10.2. The first-order valence-electron chi connectivity index (χ1n) is 8.63. The SMILES string of the molecule is CCC(=O)Nc1cc(S(=O)(=O)N(CC)CC)ccc1N1CCCC1. The van der Waals surface area contributed by atoms with Crippen molar-refractivity contribution in [2.75, 3.05) is 36.4 Å². The molecule has 1 N–H and O–H groups in total. The second-order valence-corrected chi connectivity index (χ2v) is 7.80. The topological polar surface area (TPSA) is 69.7 Å². The number of carbonyl (C=O) groups is 1. The average molecular weight is 353 g/mol. The molecular formula is C17H27N3O3S. The first-order chi connectivity index (χ1) is 11.4. The molecule has 1 aromatic rings. The van der Waals surface area contributed by atoms with Gasteiger partial charge >= 0.3 is 0 Å². The van der Waals surface area contributed by atoms with Crippen LogP contribution in [0.1, 0.15) is 40.0 Å². The number of carbonyl (C=O) groups excluding carboxylic acids is 1. The minimum atomic E-state index is -3.54. The van der Waals surface area contributed by atoms with E-state index in [4.69, 9.17) is 0 Å². The van der Waals surface area contributed by atoms with Gasteiger partial charge in [0.2, 0.25) is 15.9 Å². The maximum Gasteiger partial charge on any atom is 0.243 e. The summed E-state index contributed by atoms with van der Waals surface area (Å²) >= 11 is 0. The Labute approximate surface area is 144 Å². The van der Waals surface area contributed by atoms with Gasteiger partial charge in [-0.25, -0.2) is 8.42 Å². The van der Waals surface area contributed by atoms with Gasteiger partial charge in [0.15, 0.2) is 0 Å². The average Bonchev–Trinajstić information content (AvgIpc) is 3.09. The number of anilines is 2. The highest BCUT2D eigenvalue weighted by molar-refractivity contribution is 7.89. The molecular weight excluding hydrogens is 326 g/mol. The van der Waals surface area contributed by atoms with E-state index >= 15 is 0 Å². The van der Waals surface area contributed by atoms with Crippen molar-refractivity contribution in [1.82, 2.24) is 4.31 Å². The molecule has 0 aromatic heterocycles. The van der Waals surface area contributed by atoms with Crippen LogP contribution in [-0.4, -0.2) is 44.8 Å². The fraction of sp³-hybridized carbons (Fsp3) is 0.588. The fourth-order valence-electron chi connectivity index (χ4n) is 2.96. The zero-order valence-electron chi connectivity index (χ0n) is 14.7. The summed E-state index contributed by atoms with van der Waals surface area (Å²) in [6.07, 6.45) is 2.58. The summed E-state index contributed by atoms with van der Waals surface area (Å²) < 4.78 is 26.9. The zero-order chi connectivity index (χ0) is 17.7. The molecule has 1 fully saturated rings. The lowest BCUT2D eigenvalue weighted by Crippen LogP contribution is -2.31. The first kappa shape index (κ1) is 18.7. The van der Waals surface area contributed by atoms with Crippen LogP contribution >= 0.6 is 0 Å². The van der Waals surface area contributed by atoms with E-state index in [1.54, 1.807) is 19.1 Å². The van der Waals surface area contributed by atoms with Crippen LogP contribution in [-0.2, 0) is 14.8 Å². The van der Waals surface area contributed by atoms with Crippen LogP contribution in [0.2, 0.25) is 0 Å².